The Morgan fingerprint density at radius 2 is 0.500 bits per heavy atom. The van der Waals surface area contributed by atoms with E-state index in [0.717, 1.165) is 0 Å². The maximum absolute atomic E-state index is 2.75. The summed E-state index contributed by atoms with van der Waals surface area (Å²) < 4.78 is 4.88. The van der Waals surface area contributed by atoms with Gasteiger partial charge >= 0.3 is 0 Å². The number of pyridine rings is 2. The van der Waals surface area contributed by atoms with Crippen molar-refractivity contribution in [1.82, 2.24) is 14.1 Å². The summed E-state index contributed by atoms with van der Waals surface area (Å²) in [4.78, 5) is 0. The molecule has 0 aliphatic rings. The number of benzene rings is 8. The summed E-state index contributed by atoms with van der Waals surface area (Å²) in [5.41, 5.74) is 7.83. The predicted octanol–water partition coefficient (Wildman–Crippen LogP) is 20.4. The molecule has 0 saturated carbocycles. The third-order valence-electron chi connectivity index (χ3n) is 10.2. The van der Waals surface area contributed by atoms with Gasteiger partial charge in [-0.25, -0.2) is 0 Å². The van der Waals surface area contributed by atoms with Crippen LogP contribution in [0.1, 0.15) is 117 Å². The third kappa shape index (κ3) is 10.8. The summed E-state index contributed by atoms with van der Waals surface area (Å²) in [5, 5.41) is 18.8. The van der Waals surface area contributed by atoms with Crippen LogP contribution in [-0.2, 0) is 0 Å². The highest BCUT2D eigenvalue weighted by molar-refractivity contribution is 6.28. The number of hydrogen-bond acceptors (Lipinski definition) is 1. The lowest BCUT2D eigenvalue weighted by Gasteiger charge is -2.12. The van der Waals surface area contributed by atoms with Gasteiger partial charge in [0.05, 0.1) is 33.1 Å². The summed E-state index contributed by atoms with van der Waals surface area (Å²) in [6.07, 6.45) is 1.25. The van der Waals surface area contributed by atoms with Gasteiger partial charge in [-0.3, -0.25) is 0 Å². The van der Waals surface area contributed by atoms with Crippen LogP contribution in [0.5, 0.6) is 0 Å². The Hall–Kier alpha value is -6.16. The van der Waals surface area contributed by atoms with Crippen LogP contribution in [0.4, 0.5) is 0 Å². The van der Waals surface area contributed by atoms with Crippen molar-refractivity contribution in [2.24, 2.45) is 0 Å². The normalized spacial score (nSPS) is 9.79. The molecule has 350 valence electrons. The summed E-state index contributed by atoms with van der Waals surface area (Å²) >= 11 is 0. The monoisotopic (exact) mass is 882 g/mol. The van der Waals surface area contributed by atoms with Crippen molar-refractivity contribution in [3.8, 4) is 0 Å². The molecule has 12 aromatic rings. The van der Waals surface area contributed by atoms with Gasteiger partial charge in [0, 0.05) is 43.1 Å². The molecule has 0 aliphatic heterocycles. The molecule has 0 radical (unpaired) electrons. The highest BCUT2D eigenvalue weighted by Gasteiger charge is 2.18. The molecule has 4 heterocycles. The van der Waals surface area contributed by atoms with Crippen LogP contribution in [0.3, 0.4) is 0 Å². The van der Waals surface area contributed by atoms with Crippen molar-refractivity contribution >= 4 is 97.7 Å². The van der Waals surface area contributed by atoms with E-state index in [4.69, 9.17) is 0 Å². The average Bonchev–Trinajstić information content (AvgIpc) is 3.94. The SMILES string of the molecule is CC.CC.CC.CC.CC.CC.CC.CCC.CNC.c1cc2cccc3c2c(c1)c1cccc2c4ccccc4n3c12.c1cc2cccc3c2c(c1)c1cccc2c4ccccc4n3c12. The van der Waals surface area contributed by atoms with Gasteiger partial charge in [0.25, 0.3) is 0 Å². The Balaban J connectivity index is 0.000000329. The molecule has 0 unspecified atom stereocenters. The van der Waals surface area contributed by atoms with Gasteiger partial charge in [0.15, 0.2) is 0 Å². The van der Waals surface area contributed by atoms with Crippen molar-refractivity contribution < 1.29 is 0 Å². The Morgan fingerprint density at radius 1 is 0.288 bits per heavy atom. The van der Waals surface area contributed by atoms with E-state index in [0.29, 0.717) is 0 Å². The number of hydrogen-bond donors (Lipinski definition) is 1. The lowest BCUT2D eigenvalue weighted by atomic mass is 9.99. The number of nitrogens with one attached hydrogen (secondary N) is 1. The van der Waals surface area contributed by atoms with E-state index in [2.05, 4.69) is 186 Å². The van der Waals surface area contributed by atoms with Gasteiger partial charge in [-0.05, 0) is 59.9 Å². The Morgan fingerprint density at radius 3 is 0.818 bits per heavy atom. The minimum absolute atomic E-state index is 1.25. The second-order valence-corrected chi connectivity index (χ2v) is 13.7. The number of fused-ring (bicyclic) bond motifs is 10. The largest absolute Gasteiger partial charge is 0.323 e. The van der Waals surface area contributed by atoms with Gasteiger partial charge in [-0.1, -0.05) is 251 Å². The minimum Gasteiger partial charge on any atom is -0.323 e. The molecular formula is C63H83N3. The zero-order valence-corrected chi connectivity index (χ0v) is 44.1. The highest BCUT2D eigenvalue weighted by Crippen LogP contribution is 2.41. The van der Waals surface area contributed by atoms with E-state index in [1.165, 1.54) is 104 Å². The van der Waals surface area contributed by atoms with Crippen molar-refractivity contribution in [1.29, 1.82) is 0 Å². The quantitative estimate of drug-likeness (QED) is 0.119. The third-order valence-corrected chi connectivity index (χ3v) is 10.2. The summed E-state index contributed by atoms with van der Waals surface area (Å²) in [7, 11) is 3.75. The molecule has 0 bridgehead atoms. The lowest BCUT2D eigenvalue weighted by Crippen LogP contribution is -1.91. The molecule has 3 heteroatoms. The summed E-state index contributed by atoms with van der Waals surface area (Å²) in [6, 6.07) is 57.3. The van der Waals surface area contributed by atoms with E-state index >= 15 is 0 Å². The number of rotatable bonds is 0. The highest BCUT2D eigenvalue weighted by atomic mass is 14.9. The Labute approximate surface area is 399 Å². The first-order valence-electron chi connectivity index (χ1n) is 25.4. The number of nitrogens with zero attached hydrogens (tertiary/aromatic N) is 2. The van der Waals surface area contributed by atoms with Crippen LogP contribution in [0.15, 0.2) is 158 Å². The zero-order valence-electron chi connectivity index (χ0n) is 44.1. The van der Waals surface area contributed by atoms with Crippen molar-refractivity contribution in [3.05, 3.63) is 158 Å². The second-order valence-electron chi connectivity index (χ2n) is 13.7. The van der Waals surface area contributed by atoms with E-state index in [1.807, 2.05) is 111 Å². The average molecular weight is 882 g/mol. The lowest BCUT2D eigenvalue weighted by molar-refractivity contribution is 1.02. The number of para-hydroxylation sites is 4. The first kappa shape index (κ1) is 56.0. The number of aromatic nitrogens is 2. The molecule has 0 atom stereocenters. The standard InChI is InChI=1S/2C22H13N.C3H8.C2H7N.7C2H6/c2*1-2-12-19-15(8-1)17-10-5-11-18-16-9-3-6-14-7-4-13-20(21(14)16)23(19)22(17)18;2*1-3-2;7*1-2/h2*1-13H;3H2,1-2H3;3H,1-2H3;7*1-2H3. The molecule has 0 saturated heterocycles. The molecule has 0 aliphatic carbocycles. The first-order valence-corrected chi connectivity index (χ1v) is 25.4. The molecule has 8 aromatic carbocycles. The molecule has 66 heavy (non-hydrogen) atoms. The minimum atomic E-state index is 1.25. The van der Waals surface area contributed by atoms with E-state index in [-0.39, 0.29) is 0 Å². The van der Waals surface area contributed by atoms with Crippen LogP contribution in [0.2, 0.25) is 0 Å². The van der Waals surface area contributed by atoms with E-state index in [1.54, 1.807) is 0 Å². The molecule has 1 N–H and O–H groups in total. The molecule has 0 fully saturated rings. The Bertz CT molecular complexity index is 2950. The maximum atomic E-state index is 2.75. The Kier molecular flexibility index (Phi) is 24.9. The van der Waals surface area contributed by atoms with Crippen LogP contribution >= 0.6 is 0 Å². The molecule has 0 amide bonds. The van der Waals surface area contributed by atoms with Gasteiger partial charge < -0.3 is 14.1 Å². The van der Waals surface area contributed by atoms with Crippen molar-refractivity contribution in [3.63, 3.8) is 0 Å². The van der Waals surface area contributed by atoms with E-state index < -0.39 is 0 Å². The predicted molar refractivity (Wildman–Crippen MR) is 308 cm³/mol. The maximum Gasteiger partial charge on any atom is 0.0619 e. The fourth-order valence-electron chi connectivity index (χ4n) is 8.44. The van der Waals surface area contributed by atoms with Crippen LogP contribution in [0.25, 0.3) is 97.7 Å². The molecule has 3 nitrogen and oxygen atoms in total. The van der Waals surface area contributed by atoms with E-state index in [9.17, 15) is 0 Å². The van der Waals surface area contributed by atoms with Gasteiger partial charge in [-0.15, -0.1) is 0 Å². The van der Waals surface area contributed by atoms with Crippen molar-refractivity contribution in [2.45, 2.75) is 117 Å². The first-order chi connectivity index (χ1) is 32.7. The summed E-state index contributed by atoms with van der Waals surface area (Å²) in [6.45, 7) is 32.2. The van der Waals surface area contributed by atoms with Crippen LogP contribution < -0.4 is 5.32 Å². The molecule has 12 rings (SSSR count). The molecular weight excluding hydrogens is 799 g/mol. The summed E-state index contributed by atoms with van der Waals surface area (Å²) in [5.74, 6) is 0. The van der Waals surface area contributed by atoms with Crippen molar-refractivity contribution in [2.75, 3.05) is 14.1 Å². The van der Waals surface area contributed by atoms with Gasteiger partial charge in [0.1, 0.15) is 0 Å². The van der Waals surface area contributed by atoms with Crippen LogP contribution in [0, 0.1) is 0 Å². The van der Waals surface area contributed by atoms with Gasteiger partial charge in [-0.2, -0.15) is 0 Å². The molecule has 0 spiro atoms. The van der Waals surface area contributed by atoms with Crippen LogP contribution in [-0.4, -0.2) is 22.9 Å². The smallest absolute Gasteiger partial charge is 0.0619 e. The molecule has 4 aromatic heterocycles. The van der Waals surface area contributed by atoms with Gasteiger partial charge in [0.2, 0.25) is 0 Å². The second kappa shape index (κ2) is 29.4. The fraction of sp³-hybridized carbons (Fsp3) is 0.302. The zero-order chi connectivity index (χ0) is 49.3. The fourth-order valence-corrected chi connectivity index (χ4v) is 8.44. The topological polar surface area (TPSA) is 20.8 Å².